The summed E-state index contributed by atoms with van der Waals surface area (Å²) in [6.45, 7) is -0.803. The molecule has 118 valence electrons. The second-order valence-electron chi connectivity index (χ2n) is 5.17. The average molecular weight is 311 g/mol. The molecule has 1 aliphatic heterocycles. The van der Waals surface area contributed by atoms with E-state index in [0.29, 0.717) is 16.4 Å². The molecule has 0 aromatic carbocycles. The van der Waals surface area contributed by atoms with Crippen LogP contribution in [0.1, 0.15) is 6.42 Å². The standard InChI is InChI=1S/C12H14F2N6O2/c13-12(14)6-19(11(21)22)2-1-8(12)3-16-9-4-15-5-10-18-17-7-20(9)10/h4-5,7-8,16H,1-3,6H2,(H,21,22)/p-1. The van der Waals surface area contributed by atoms with Crippen LogP contribution in [0, 0.1) is 5.92 Å². The van der Waals surface area contributed by atoms with Crippen molar-refractivity contribution in [3.05, 3.63) is 18.7 Å². The predicted octanol–water partition coefficient (Wildman–Crippen LogP) is -0.163. The Bertz CT molecular complexity index is 691. The molecule has 1 amide bonds. The molecule has 1 saturated heterocycles. The van der Waals surface area contributed by atoms with Crippen LogP contribution in [-0.2, 0) is 0 Å². The number of hydrogen-bond acceptors (Lipinski definition) is 6. The van der Waals surface area contributed by atoms with Crippen LogP contribution in [0.15, 0.2) is 18.7 Å². The molecule has 2 aromatic rings. The van der Waals surface area contributed by atoms with Crippen molar-refractivity contribution in [1.29, 1.82) is 0 Å². The Morgan fingerprint density at radius 1 is 1.50 bits per heavy atom. The van der Waals surface area contributed by atoms with Crippen molar-refractivity contribution >= 4 is 17.6 Å². The minimum Gasteiger partial charge on any atom is -0.530 e. The van der Waals surface area contributed by atoms with E-state index in [1.54, 1.807) is 4.40 Å². The number of likely N-dealkylation sites (tertiary alicyclic amines) is 1. The lowest BCUT2D eigenvalue weighted by Crippen LogP contribution is -2.55. The van der Waals surface area contributed by atoms with E-state index in [1.807, 2.05) is 0 Å². The fraction of sp³-hybridized carbons (Fsp3) is 0.500. The summed E-state index contributed by atoms with van der Waals surface area (Å²) in [6, 6.07) is 0. The topological polar surface area (TPSA) is 98.5 Å². The van der Waals surface area contributed by atoms with Crippen molar-refractivity contribution in [3.63, 3.8) is 0 Å². The number of aromatic nitrogens is 4. The average Bonchev–Trinajstić information content (AvgIpc) is 2.94. The molecule has 1 unspecified atom stereocenters. The fourth-order valence-corrected chi connectivity index (χ4v) is 2.51. The molecule has 1 aliphatic rings. The number of hydrogen-bond donors (Lipinski definition) is 1. The first-order chi connectivity index (χ1) is 10.5. The Morgan fingerprint density at radius 3 is 3.05 bits per heavy atom. The Balaban J connectivity index is 1.69. The van der Waals surface area contributed by atoms with Crippen molar-refractivity contribution in [2.45, 2.75) is 12.3 Å². The van der Waals surface area contributed by atoms with E-state index in [4.69, 9.17) is 0 Å². The third kappa shape index (κ3) is 2.63. The van der Waals surface area contributed by atoms with E-state index in [9.17, 15) is 18.7 Å². The summed E-state index contributed by atoms with van der Waals surface area (Å²) in [5, 5.41) is 21.1. The quantitative estimate of drug-likeness (QED) is 0.845. The zero-order chi connectivity index (χ0) is 15.7. The number of halogens is 2. The zero-order valence-electron chi connectivity index (χ0n) is 11.4. The van der Waals surface area contributed by atoms with Crippen molar-refractivity contribution < 1.29 is 18.7 Å². The SMILES string of the molecule is O=C([O-])N1CCC(CNc2cncc3nncn23)C(F)(F)C1. The Hall–Kier alpha value is -2.52. The first-order valence-electron chi connectivity index (χ1n) is 6.69. The van der Waals surface area contributed by atoms with Gasteiger partial charge in [0.1, 0.15) is 18.2 Å². The molecule has 2 aromatic heterocycles. The third-order valence-electron chi connectivity index (χ3n) is 3.75. The molecule has 1 fully saturated rings. The lowest BCUT2D eigenvalue weighted by atomic mass is 9.93. The lowest BCUT2D eigenvalue weighted by molar-refractivity contribution is -0.272. The van der Waals surface area contributed by atoms with Gasteiger partial charge in [0, 0.05) is 19.0 Å². The second kappa shape index (κ2) is 5.35. The highest BCUT2D eigenvalue weighted by Crippen LogP contribution is 2.32. The van der Waals surface area contributed by atoms with Crippen molar-refractivity contribution in [2.24, 2.45) is 5.92 Å². The number of amides is 1. The van der Waals surface area contributed by atoms with Gasteiger partial charge in [-0.1, -0.05) is 0 Å². The molecule has 1 N–H and O–H groups in total. The molecule has 3 heterocycles. The molecule has 0 bridgehead atoms. The maximum absolute atomic E-state index is 14.0. The van der Waals surface area contributed by atoms with Crippen LogP contribution in [0.5, 0.6) is 0 Å². The highest BCUT2D eigenvalue weighted by molar-refractivity contribution is 5.62. The van der Waals surface area contributed by atoms with Crippen LogP contribution < -0.4 is 10.4 Å². The highest BCUT2D eigenvalue weighted by Gasteiger charge is 2.44. The van der Waals surface area contributed by atoms with Gasteiger partial charge in [-0.05, 0) is 6.42 Å². The summed E-state index contributed by atoms with van der Waals surface area (Å²) in [4.78, 5) is 15.3. The monoisotopic (exact) mass is 311 g/mol. The second-order valence-corrected chi connectivity index (χ2v) is 5.17. The van der Waals surface area contributed by atoms with Crippen LogP contribution in [-0.4, -0.2) is 56.1 Å². The number of alkyl halides is 2. The molecule has 22 heavy (non-hydrogen) atoms. The summed E-state index contributed by atoms with van der Waals surface area (Å²) in [7, 11) is 0. The van der Waals surface area contributed by atoms with Gasteiger partial charge in [-0.15, -0.1) is 10.2 Å². The number of nitrogens with one attached hydrogen (secondary N) is 1. The van der Waals surface area contributed by atoms with Gasteiger partial charge in [-0.25, -0.2) is 8.78 Å². The molecule has 0 aliphatic carbocycles. The largest absolute Gasteiger partial charge is 0.530 e. The van der Waals surface area contributed by atoms with Gasteiger partial charge >= 0.3 is 0 Å². The summed E-state index contributed by atoms with van der Waals surface area (Å²) >= 11 is 0. The summed E-state index contributed by atoms with van der Waals surface area (Å²) in [5.74, 6) is -3.59. The van der Waals surface area contributed by atoms with Crippen molar-refractivity contribution in [3.8, 4) is 0 Å². The van der Waals surface area contributed by atoms with Crippen LogP contribution in [0.3, 0.4) is 0 Å². The van der Waals surface area contributed by atoms with Crippen molar-refractivity contribution in [1.82, 2.24) is 24.5 Å². The van der Waals surface area contributed by atoms with Gasteiger partial charge in [0.25, 0.3) is 5.92 Å². The number of fused-ring (bicyclic) bond motifs is 1. The molecule has 0 spiro atoms. The van der Waals surface area contributed by atoms with Gasteiger partial charge in [-0.2, -0.15) is 0 Å². The first-order valence-corrected chi connectivity index (χ1v) is 6.69. The smallest absolute Gasteiger partial charge is 0.269 e. The number of nitrogens with zero attached hydrogens (tertiary/aromatic N) is 5. The molecule has 1 atom stereocenters. The highest BCUT2D eigenvalue weighted by atomic mass is 19.3. The van der Waals surface area contributed by atoms with Crippen LogP contribution >= 0.6 is 0 Å². The number of anilines is 1. The first kappa shape index (κ1) is 14.4. The maximum Gasteiger partial charge on any atom is 0.269 e. The van der Waals surface area contributed by atoms with Gasteiger partial charge < -0.3 is 20.1 Å². The van der Waals surface area contributed by atoms with E-state index in [1.165, 1.54) is 18.7 Å². The van der Waals surface area contributed by atoms with Gasteiger partial charge in [0.2, 0.25) is 0 Å². The molecule has 0 saturated carbocycles. The van der Waals surface area contributed by atoms with E-state index >= 15 is 0 Å². The van der Waals surface area contributed by atoms with Crippen molar-refractivity contribution in [2.75, 3.05) is 25.0 Å². The minimum atomic E-state index is -3.11. The Labute approximate surface area is 123 Å². The number of carbonyl (C=O) groups excluding carboxylic acids is 1. The molecule has 8 nitrogen and oxygen atoms in total. The maximum atomic E-state index is 14.0. The molecular weight excluding hydrogens is 298 g/mol. The Kier molecular flexibility index (Phi) is 3.51. The van der Waals surface area contributed by atoms with Crippen LogP contribution in [0.25, 0.3) is 5.65 Å². The molecular formula is C12H13F2N6O2-. The van der Waals surface area contributed by atoms with Gasteiger partial charge in [0.05, 0.1) is 18.9 Å². The number of rotatable bonds is 3. The Morgan fingerprint density at radius 2 is 2.32 bits per heavy atom. The van der Waals surface area contributed by atoms with E-state index in [2.05, 4.69) is 20.5 Å². The molecule has 0 radical (unpaired) electrons. The summed E-state index contributed by atoms with van der Waals surface area (Å²) < 4.78 is 29.6. The van der Waals surface area contributed by atoms with E-state index < -0.39 is 24.5 Å². The van der Waals surface area contributed by atoms with Gasteiger partial charge in [-0.3, -0.25) is 9.38 Å². The summed E-state index contributed by atoms with van der Waals surface area (Å²) in [6.07, 6.45) is 2.94. The summed E-state index contributed by atoms with van der Waals surface area (Å²) in [5.41, 5.74) is 0.503. The van der Waals surface area contributed by atoms with Crippen LogP contribution in [0.4, 0.5) is 19.4 Å². The normalized spacial score (nSPS) is 21.0. The predicted molar refractivity (Wildman–Crippen MR) is 69.3 cm³/mol. The van der Waals surface area contributed by atoms with Gasteiger partial charge in [0.15, 0.2) is 5.65 Å². The number of carbonyl (C=O) groups is 1. The molecule has 10 heteroatoms. The number of carboxylic acid groups (broad SMARTS) is 1. The minimum absolute atomic E-state index is 0.00708. The third-order valence-corrected chi connectivity index (χ3v) is 3.75. The fourth-order valence-electron chi connectivity index (χ4n) is 2.51. The van der Waals surface area contributed by atoms with E-state index in [-0.39, 0.29) is 19.5 Å². The zero-order valence-corrected chi connectivity index (χ0v) is 11.4. The molecule has 3 rings (SSSR count). The number of piperidine rings is 1. The van der Waals surface area contributed by atoms with Crippen LogP contribution in [0.2, 0.25) is 0 Å². The lowest BCUT2D eigenvalue weighted by Gasteiger charge is -2.39. The van der Waals surface area contributed by atoms with E-state index in [0.717, 1.165) is 0 Å².